The zero-order valence-corrected chi connectivity index (χ0v) is 15.3. The van der Waals surface area contributed by atoms with E-state index in [4.69, 9.17) is 9.79 Å². The van der Waals surface area contributed by atoms with E-state index in [1.807, 2.05) is 0 Å². The molecule has 0 aromatic carbocycles. The third-order valence-corrected chi connectivity index (χ3v) is 0.594. The summed E-state index contributed by atoms with van der Waals surface area (Å²) < 4.78 is 13.2. The van der Waals surface area contributed by atoms with Gasteiger partial charge < -0.3 is 33.6 Å². The molecule has 70 valence electrons. The molecule has 2 amide bonds. The molecule has 0 atom stereocenters. The SMILES string of the molecule is NC(=O)NOP(=O)(O)O.[Ca+2].[Cl-].[H-].[H-].[H-].[H-].[K+].[Mg+2]. The number of hydrogen-bond donors (Lipinski definition) is 4. The predicted molar refractivity (Wildman–Crippen MR) is 41.8 cm³/mol. The van der Waals surface area contributed by atoms with Crippen LogP contribution in [0.4, 0.5) is 4.79 Å². The molecule has 0 radical (unpaired) electrons. The van der Waals surface area contributed by atoms with Gasteiger partial charge >= 0.3 is 126 Å². The fourth-order valence-corrected chi connectivity index (χ4v) is 0.313. The molecule has 0 spiro atoms. The van der Waals surface area contributed by atoms with Gasteiger partial charge in [-0.1, -0.05) is 0 Å². The predicted octanol–water partition coefficient (Wildman–Crippen LogP) is -7.62. The molecule has 0 bridgehead atoms. The first-order valence-electron chi connectivity index (χ1n) is 1.71. The number of hydrogen-bond acceptors (Lipinski definition) is 3. The molecule has 5 N–H and O–H groups in total. The average molecular weight is 299 g/mol. The van der Waals surface area contributed by atoms with Crippen molar-refractivity contribution >= 4 is 74.6 Å². The van der Waals surface area contributed by atoms with Crippen molar-refractivity contribution in [1.82, 2.24) is 5.48 Å². The zero-order valence-electron chi connectivity index (χ0n) is 10.9. The Hall–Kier alpha value is 3.33. The van der Waals surface area contributed by atoms with Gasteiger partial charge in [0.1, 0.15) is 0 Å². The van der Waals surface area contributed by atoms with Crippen LogP contribution in [0, 0.1) is 0 Å². The van der Waals surface area contributed by atoms with E-state index in [1.165, 1.54) is 5.48 Å². The molecule has 0 aliphatic heterocycles. The molecule has 0 saturated heterocycles. The van der Waals surface area contributed by atoms with E-state index in [9.17, 15) is 9.36 Å². The Morgan fingerprint density at radius 2 is 1.85 bits per heavy atom. The molecular weight excluding hydrogens is 290 g/mol. The molecule has 0 fully saturated rings. The fraction of sp³-hybridized carbons (Fsp3) is 0. The smallest absolute Gasteiger partial charge is 1.00 e. The van der Waals surface area contributed by atoms with E-state index in [-0.39, 0.29) is 130 Å². The summed E-state index contributed by atoms with van der Waals surface area (Å²) in [5.41, 5.74) is 5.64. The Labute approximate surface area is 175 Å². The summed E-state index contributed by atoms with van der Waals surface area (Å²) in [7, 11) is -4.63. The van der Waals surface area contributed by atoms with Crippen molar-refractivity contribution in [2.75, 3.05) is 0 Å². The summed E-state index contributed by atoms with van der Waals surface area (Å²) in [6.45, 7) is 0. The van der Waals surface area contributed by atoms with Gasteiger partial charge in [-0.2, -0.15) is 4.62 Å². The summed E-state index contributed by atoms with van der Waals surface area (Å²) in [5.74, 6) is 0. The van der Waals surface area contributed by atoms with Gasteiger partial charge in [-0.15, -0.1) is 0 Å². The number of nitrogens with one attached hydrogen (secondary N) is 1. The van der Waals surface area contributed by atoms with E-state index < -0.39 is 13.9 Å². The van der Waals surface area contributed by atoms with Crippen LogP contribution in [-0.4, -0.2) is 76.6 Å². The van der Waals surface area contributed by atoms with Crippen LogP contribution in [0.5, 0.6) is 0 Å². The maximum absolute atomic E-state index is 9.74. The molecule has 0 saturated carbocycles. The van der Waals surface area contributed by atoms with E-state index >= 15 is 0 Å². The number of primary amides is 1. The summed E-state index contributed by atoms with van der Waals surface area (Å²) >= 11 is 0. The number of nitrogens with two attached hydrogens (primary N) is 1. The molecular formula is CH9CaClKMgN2O5P. The Bertz CT molecular complexity index is 182. The van der Waals surface area contributed by atoms with Crippen LogP contribution in [-0.2, 0) is 9.19 Å². The number of phosphoric acid groups is 1. The maximum Gasteiger partial charge on any atom is 2.00 e. The molecule has 0 aliphatic carbocycles. The van der Waals surface area contributed by atoms with Crippen molar-refractivity contribution in [3.05, 3.63) is 0 Å². The Morgan fingerprint density at radius 3 is 1.92 bits per heavy atom. The molecule has 0 heterocycles. The summed E-state index contributed by atoms with van der Waals surface area (Å²) in [6.07, 6.45) is 0. The van der Waals surface area contributed by atoms with Crippen LogP contribution in [0.25, 0.3) is 0 Å². The van der Waals surface area contributed by atoms with Crippen LogP contribution < -0.4 is 75.0 Å². The van der Waals surface area contributed by atoms with Crippen LogP contribution in [0.15, 0.2) is 0 Å². The van der Waals surface area contributed by atoms with Gasteiger partial charge in [-0.25, -0.2) is 14.8 Å². The van der Waals surface area contributed by atoms with Crippen LogP contribution in [0.3, 0.4) is 0 Å². The van der Waals surface area contributed by atoms with Crippen molar-refractivity contribution in [2.24, 2.45) is 5.73 Å². The van der Waals surface area contributed by atoms with Gasteiger partial charge in [0.15, 0.2) is 0 Å². The number of rotatable bonds is 2. The van der Waals surface area contributed by atoms with E-state index in [1.54, 1.807) is 0 Å². The van der Waals surface area contributed by atoms with E-state index in [2.05, 4.69) is 10.4 Å². The van der Waals surface area contributed by atoms with Gasteiger partial charge in [0, 0.05) is 0 Å². The number of amides is 2. The molecule has 0 unspecified atom stereocenters. The van der Waals surface area contributed by atoms with Crippen molar-refractivity contribution in [1.29, 1.82) is 0 Å². The summed E-state index contributed by atoms with van der Waals surface area (Å²) in [4.78, 5) is 25.5. The maximum atomic E-state index is 9.74. The number of urea groups is 1. The molecule has 12 heteroatoms. The quantitative estimate of drug-likeness (QED) is 0.229. The van der Waals surface area contributed by atoms with Crippen molar-refractivity contribution in [3.8, 4) is 0 Å². The first-order chi connectivity index (χ1) is 3.92. The van der Waals surface area contributed by atoms with Crippen molar-refractivity contribution < 1.29 is 93.3 Å². The largest absolute Gasteiger partial charge is 2.00 e. The van der Waals surface area contributed by atoms with Gasteiger partial charge in [-0.05, 0) is 0 Å². The molecule has 0 rings (SSSR count). The van der Waals surface area contributed by atoms with Crippen LogP contribution >= 0.6 is 7.82 Å². The molecule has 0 aliphatic rings. The Kier molecular flexibility index (Phi) is 35.3. The zero-order chi connectivity index (χ0) is 7.49. The summed E-state index contributed by atoms with van der Waals surface area (Å²) in [5, 5.41) is 0. The van der Waals surface area contributed by atoms with Gasteiger partial charge in [0.2, 0.25) is 0 Å². The minimum absolute atomic E-state index is 0. The molecule has 13 heavy (non-hydrogen) atoms. The Morgan fingerprint density at radius 1 is 1.54 bits per heavy atom. The first-order valence-corrected chi connectivity index (χ1v) is 3.24. The van der Waals surface area contributed by atoms with Crippen molar-refractivity contribution in [3.63, 3.8) is 0 Å². The minimum atomic E-state index is -4.63. The van der Waals surface area contributed by atoms with Crippen LogP contribution in [0.1, 0.15) is 5.71 Å². The molecule has 7 nitrogen and oxygen atoms in total. The van der Waals surface area contributed by atoms with Crippen LogP contribution in [0.2, 0.25) is 0 Å². The van der Waals surface area contributed by atoms with Gasteiger partial charge in [-0.3, -0.25) is 0 Å². The average Bonchev–Trinajstić information content (AvgIpc) is 1.59. The third-order valence-electron chi connectivity index (χ3n) is 0.265. The van der Waals surface area contributed by atoms with Gasteiger partial charge in [0.25, 0.3) is 0 Å². The summed E-state index contributed by atoms with van der Waals surface area (Å²) in [6, 6.07) is -1.17. The van der Waals surface area contributed by atoms with Crippen molar-refractivity contribution in [2.45, 2.75) is 0 Å². The fourth-order valence-electron chi connectivity index (χ4n) is 0.104. The normalized spacial score (nSPS) is 7.54. The number of carbonyl (C=O) groups excluding carboxylic acids is 1. The standard InChI is InChI=1S/CH5N2O5P.Ca.ClH.K.Mg.4H/c2-1(4)3-8-9(5,6)7;;;;;;;;/h(H3,2,3,4)(H2,5,6,7);;1H;;;;;;/q;+2;;+1;+2;4*-1/p-1. The second-order valence-electron chi connectivity index (χ2n) is 1.05. The molecule has 0 aromatic rings. The molecule has 0 aromatic heterocycles. The third kappa shape index (κ3) is 31.3. The van der Waals surface area contributed by atoms with Gasteiger partial charge in [0.05, 0.1) is 0 Å². The second kappa shape index (κ2) is 15.3. The number of halogens is 1. The topological polar surface area (TPSA) is 122 Å². The monoisotopic (exact) mass is 298 g/mol. The minimum Gasteiger partial charge on any atom is -1.00 e. The number of carbonyl (C=O) groups is 1. The Balaban J connectivity index is -0.0000000114. The van der Waals surface area contributed by atoms with E-state index in [0.29, 0.717) is 0 Å². The van der Waals surface area contributed by atoms with E-state index in [0.717, 1.165) is 0 Å². The first kappa shape index (κ1) is 29.9. The second-order valence-corrected chi connectivity index (χ2v) is 2.21. The number of hydroxylamine groups is 1.